The van der Waals surface area contributed by atoms with Gasteiger partial charge in [-0.1, -0.05) is 12.2 Å². The van der Waals surface area contributed by atoms with Crippen LogP contribution in [0.4, 0.5) is 0 Å². The topological polar surface area (TPSA) is 141 Å². The number of ether oxygens (including phenoxy) is 1. The number of carboxylic acid groups (broad SMARTS) is 1. The number of rotatable bonds is 3. The third-order valence-electron chi connectivity index (χ3n) is 5.79. The molecule has 0 aromatic rings. The highest BCUT2D eigenvalue weighted by Gasteiger charge is 2.97. The Labute approximate surface area is 131 Å². The molecule has 0 radical (unpaired) electrons. The number of carboxylic acids is 1. The van der Waals surface area contributed by atoms with Crippen LogP contribution in [0.3, 0.4) is 0 Å². The molecule has 23 heavy (non-hydrogen) atoms. The predicted molar refractivity (Wildman–Crippen MR) is 72.9 cm³/mol. The molecule has 1 heterocycles. The first-order valence-electron chi connectivity index (χ1n) is 7.12. The number of aliphatic hydroxyl groups is 3. The van der Waals surface area contributed by atoms with Gasteiger partial charge < -0.3 is 25.2 Å². The summed E-state index contributed by atoms with van der Waals surface area (Å²) in [6.07, 6.45) is 0. The molecule has 7 atom stereocenters. The third kappa shape index (κ3) is 1.22. The smallest absolute Gasteiger partial charge is 0.337 e. The maximum Gasteiger partial charge on any atom is 0.337 e. The normalized spacial score (nSPS) is 53.3. The summed E-state index contributed by atoms with van der Waals surface area (Å²) in [5, 5.41) is 42.5. The van der Waals surface area contributed by atoms with Crippen LogP contribution in [0.15, 0.2) is 12.2 Å². The second-order valence-electron chi connectivity index (χ2n) is 7.04. The summed E-state index contributed by atoms with van der Waals surface area (Å²) in [4.78, 5) is 36.3. The van der Waals surface area contributed by atoms with Crippen molar-refractivity contribution in [3.8, 4) is 0 Å². The first kappa shape index (κ1) is 16.1. The lowest BCUT2D eigenvalue weighted by Gasteiger charge is -2.48. The van der Waals surface area contributed by atoms with E-state index in [1.54, 1.807) is 0 Å². The number of carbonyl (C=O) groups excluding carboxylic acids is 2. The molecule has 1 aliphatic heterocycles. The number of hydrogen-bond donors (Lipinski definition) is 4. The Bertz CT molecular complexity index is 681. The van der Waals surface area contributed by atoms with E-state index in [0.29, 0.717) is 0 Å². The standard InChI is InChI=1S/C15H18O8/c1-5(2)7-13(21,11(18)19)10-12(4,20)8-9(17)23-15(10,6(3)16)14(7,8)22/h7-8,10,20-22H,1H2,2-4H3,(H,18,19). The van der Waals surface area contributed by atoms with E-state index in [0.717, 1.165) is 13.8 Å². The minimum absolute atomic E-state index is 0.0734. The van der Waals surface area contributed by atoms with Crippen molar-refractivity contribution in [2.45, 2.75) is 43.2 Å². The Morgan fingerprint density at radius 3 is 2.13 bits per heavy atom. The molecule has 8 nitrogen and oxygen atoms in total. The van der Waals surface area contributed by atoms with Gasteiger partial charge in [-0.2, -0.15) is 0 Å². The van der Waals surface area contributed by atoms with Gasteiger partial charge in [0.1, 0.15) is 11.5 Å². The van der Waals surface area contributed by atoms with E-state index < -0.39 is 57.9 Å². The van der Waals surface area contributed by atoms with Gasteiger partial charge in [0.25, 0.3) is 0 Å². The molecule has 1 saturated heterocycles. The van der Waals surface area contributed by atoms with Crippen LogP contribution in [0.25, 0.3) is 0 Å². The van der Waals surface area contributed by atoms with Gasteiger partial charge in [0.15, 0.2) is 11.4 Å². The summed E-state index contributed by atoms with van der Waals surface area (Å²) < 4.78 is 5.10. The molecule has 3 fully saturated rings. The molecule has 3 rings (SSSR count). The summed E-state index contributed by atoms with van der Waals surface area (Å²) in [7, 11) is 0. The average Bonchev–Trinajstić information content (AvgIpc) is 2.73. The van der Waals surface area contributed by atoms with Gasteiger partial charge in [-0.15, -0.1) is 0 Å². The highest BCUT2D eigenvalue weighted by atomic mass is 16.6. The molecule has 0 aromatic carbocycles. The molecule has 2 saturated carbocycles. The quantitative estimate of drug-likeness (QED) is 0.367. The van der Waals surface area contributed by atoms with Gasteiger partial charge in [0.2, 0.25) is 5.60 Å². The number of carbonyl (C=O) groups is 3. The molecule has 2 aliphatic carbocycles. The van der Waals surface area contributed by atoms with E-state index in [9.17, 15) is 34.8 Å². The van der Waals surface area contributed by atoms with Crippen molar-refractivity contribution in [2.75, 3.05) is 0 Å². The second kappa shape index (κ2) is 3.82. The molecule has 0 aromatic heterocycles. The lowest BCUT2D eigenvalue weighted by Crippen LogP contribution is -2.68. The van der Waals surface area contributed by atoms with Crippen molar-refractivity contribution in [1.82, 2.24) is 0 Å². The fraction of sp³-hybridized carbons (Fsp3) is 0.667. The largest absolute Gasteiger partial charge is 0.479 e. The number of hydrogen-bond acceptors (Lipinski definition) is 7. The maximum atomic E-state index is 12.3. The Kier molecular flexibility index (Phi) is 2.68. The summed E-state index contributed by atoms with van der Waals surface area (Å²) in [5.41, 5.74) is -9.47. The van der Waals surface area contributed by atoms with Crippen molar-refractivity contribution in [3.63, 3.8) is 0 Å². The number of aliphatic carboxylic acids is 1. The molecule has 7 unspecified atom stereocenters. The summed E-state index contributed by atoms with van der Waals surface area (Å²) >= 11 is 0. The van der Waals surface area contributed by atoms with Crippen molar-refractivity contribution in [1.29, 1.82) is 0 Å². The fourth-order valence-corrected chi connectivity index (χ4v) is 5.44. The molecular formula is C15H18O8. The zero-order valence-corrected chi connectivity index (χ0v) is 12.9. The van der Waals surface area contributed by atoms with E-state index in [1.807, 2.05) is 0 Å². The Balaban J connectivity index is 2.44. The van der Waals surface area contributed by atoms with Gasteiger partial charge >= 0.3 is 11.9 Å². The minimum atomic E-state index is -2.70. The van der Waals surface area contributed by atoms with Gasteiger partial charge in [-0.25, -0.2) is 4.79 Å². The molecule has 8 heteroatoms. The molecule has 4 N–H and O–H groups in total. The molecule has 126 valence electrons. The van der Waals surface area contributed by atoms with Crippen molar-refractivity contribution < 1.29 is 39.5 Å². The molecule has 0 spiro atoms. The molecule has 0 amide bonds. The van der Waals surface area contributed by atoms with Gasteiger partial charge in [-0.3, -0.25) is 9.59 Å². The van der Waals surface area contributed by atoms with Crippen LogP contribution in [0, 0.1) is 17.8 Å². The van der Waals surface area contributed by atoms with E-state index in [-0.39, 0.29) is 5.57 Å². The van der Waals surface area contributed by atoms with Crippen LogP contribution in [0.1, 0.15) is 20.8 Å². The van der Waals surface area contributed by atoms with Crippen LogP contribution in [0.5, 0.6) is 0 Å². The Hall–Kier alpha value is -1.77. The van der Waals surface area contributed by atoms with Crippen LogP contribution in [0.2, 0.25) is 0 Å². The second-order valence-corrected chi connectivity index (χ2v) is 7.04. The number of Topliss-reactive ketones (excluding diaryl/α,β-unsaturated/α-hetero) is 1. The first-order chi connectivity index (χ1) is 10.3. The van der Waals surface area contributed by atoms with E-state index in [2.05, 4.69) is 6.58 Å². The maximum absolute atomic E-state index is 12.3. The molecular weight excluding hydrogens is 308 g/mol. The van der Waals surface area contributed by atoms with Crippen LogP contribution in [-0.4, -0.2) is 60.6 Å². The van der Waals surface area contributed by atoms with E-state index in [4.69, 9.17) is 4.74 Å². The summed E-state index contributed by atoms with van der Waals surface area (Å²) in [5.74, 6) is -8.37. The van der Waals surface area contributed by atoms with E-state index >= 15 is 0 Å². The highest BCUT2D eigenvalue weighted by Crippen LogP contribution is 2.74. The van der Waals surface area contributed by atoms with Crippen LogP contribution >= 0.6 is 0 Å². The molecule has 4 bridgehead atoms. The van der Waals surface area contributed by atoms with Crippen molar-refractivity contribution >= 4 is 17.7 Å². The minimum Gasteiger partial charge on any atom is -0.479 e. The highest BCUT2D eigenvalue weighted by molar-refractivity contribution is 6.01. The average molecular weight is 326 g/mol. The zero-order valence-electron chi connectivity index (χ0n) is 12.9. The monoisotopic (exact) mass is 326 g/mol. The number of esters is 1. The Morgan fingerprint density at radius 2 is 1.74 bits per heavy atom. The van der Waals surface area contributed by atoms with Gasteiger partial charge in [0.05, 0.1) is 17.4 Å². The Morgan fingerprint density at radius 1 is 1.22 bits per heavy atom. The number of ketones is 1. The lowest BCUT2D eigenvalue weighted by molar-refractivity contribution is -0.227. The third-order valence-corrected chi connectivity index (χ3v) is 5.79. The van der Waals surface area contributed by atoms with Crippen LogP contribution < -0.4 is 0 Å². The van der Waals surface area contributed by atoms with Gasteiger partial charge in [-0.05, 0) is 20.8 Å². The predicted octanol–water partition coefficient (Wildman–Crippen LogP) is -1.38. The van der Waals surface area contributed by atoms with Gasteiger partial charge in [0, 0.05) is 0 Å². The fourth-order valence-electron chi connectivity index (χ4n) is 5.44. The lowest BCUT2D eigenvalue weighted by atomic mass is 9.60. The zero-order chi connectivity index (χ0) is 17.7. The summed E-state index contributed by atoms with van der Waals surface area (Å²) in [6.45, 7) is 7.13. The van der Waals surface area contributed by atoms with Crippen molar-refractivity contribution in [2.24, 2.45) is 17.8 Å². The first-order valence-corrected chi connectivity index (χ1v) is 7.12. The van der Waals surface area contributed by atoms with Crippen molar-refractivity contribution in [3.05, 3.63) is 12.2 Å². The SMILES string of the molecule is C=C(C)C1C(O)(C(=O)O)C2C(C)(O)C3C(=O)OC2(C(C)=O)C31O. The summed E-state index contributed by atoms with van der Waals surface area (Å²) in [6, 6.07) is 0. The van der Waals surface area contributed by atoms with Crippen LogP contribution in [-0.2, 0) is 19.1 Å². The molecule has 3 aliphatic rings. The van der Waals surface area contributed by atoms with E-state index in [1.165, 1.54) is 6.92 Å².